The zero-order chi connectivity index (χ0) is 18.5. The Hall–Kier alpha value is -3.45. The van der Waals surface area contributed by atoms with Gasteiger partial charge in [-0.1, -0.05) is 35.5 Å². The van der Waals surface area contributed by atoms with E-state index in [1.54, 1.807) is 10.6 Å². The number of nitrogens with zero attached hydrogens (tertiary/aromatic N) is 3. The van der Waals surface area contributed by atoms with Gasteiger partial charge in [0.2, 0.25) is 5.43 Å². The number of hydrogen-bond acceptors (Lipinski definition) is 6. The van der Waals surface area contributed by atoms with Crippen molar-refractivity contribution in [2.24, 2.45) is 0 Å². The van der Waals surface area contributed by atoms with E-state index in [-0.39, 0.29) is 6.61 Å². The van der Waals surface area contributed by atoms with Crippen LogP contribution in [0.1, 0.15) is 23.9 Å². The van der Waals surface area contributed by atoms with Gasteiger partial charge in [-0.15, -0.1) is 0 Å². The lowest BCUT2D eigenvalue weighted by Gasteiger charge is -2.14. The molecular formula is C19H17N3O4. The van der Waals surface area contributed by atoms with Crippen LogP contribution in [0.5, 0.6) is 5.75 Å². The fourth-order valence-electron chi connectivity index (χ4n) is 2.55. The van der Waals surface area contributed by atoms with Crippen molar-refractivity contribution in [3.63, 3.8) is 0 Å². The van der Waals surface area contributed by atoms with Crippen LogP contribution in [0.2, 0.25) is 0 Å². The number of aromatic nitrogens is 3. The van der Waals surface area contributed by atoms with Gasteiger partial charge in [-0.3, -0.25) is 4.79 Å². The minimum atomic E-state index is -0.538. The van der Waals surface area contributed by atoms with E-state index in [4.69, 9.17) is 4.63 Å². The Labute approximate surface area is 149 Å². The average molecular weight is 351 g/mol. The highest BCUT2D eigenvalue weighted by Crippen LogP contribution is 2.25. The molecule has 3 aromatic rings. The van der Waals surface area contributed by atoms with Crippen LogP contribution in [0.15, 0.2) is 70.4 Å². The maximum absolute atomic E-state index is 11.6. The topological polar surface area (TPSA) is 101 Å². The maximum Gasteiger partial charge on any atom is 0.223 e. The lowest BCUT2D eigenvalue weighted by Crippen LogP contribution is -2.11. The standard InChI is InChI=1S/C19H17N3O4/c1-2-3-7-16(17-10-20-26-21-17)13-5-4-6-14(8-13)22-11-19(25)18(24)9-15(22)12-23/h2-11,23,25H,12H2,1H3/b3-2-,16-7-. The quantitative estimate of drug-likeness (QED) is 0.685. The van der Waals surface area contributed by atoms with E-state index in [0.29, 0.717) is 17.1 Å². The second kappa shape index (κ2) is 7.62. The van der Waals surface area contributed by atoms with Gasteiger partial charge in [0, 0.05) is 17.3 Å². The molecule has 26 heavy (non-hydrogen) atoms. The molecule has 1 aromatic carbocycles. The molecule has 0 saturated carbocycles. The predicted octanol–water partition coefficient (Wildman–Crippen LogP) is 2.43. The van der Waals surface area contributed by atoms with Crippen LogP contribution < -0.4 is 5.43 Å². The molecule has 132 valence electrons. The third-order valence-electron chi connectivity index (χ3n) is 3.80. The molecular weight excluding hydrogens is 334 g/mol. The fourth-order valence-corrected chi connectivity index (χ4v) is 2.55. The molecule has 0 bridgehead atoms. The van der Waals surface area contributed by atoms with Crippen molar-refractivity contribution in [3.05, 3.63) is 88.1 Å². The fraction of sp³-hybridized carbons (Fsp3) is 0.105. The normalized spacial score (nSPS) is 12.0. The molecule has 3 rings (SSSR count). The Bertz CT molecular complexity index is 1020. The minimum absolute atomic E-state index is 0.339. The van der Waals surface area contributed by atoms with Crippen LogP contribution in [0.25, 0.3) is 11.3 Å². The smallest absolute Gasteiger partial charge is 0.223 e. The average Bonchev–Trinajstić information content (AvgIpc) is 3.18. The summed E-state index contributed by atoms with van der Waals surface area (Å²) in [5.41, 5.74) is 2.70. The van der Waals surface area contributed by atoms with Gasteiger partial charge in [0.15, 0.2) is 5.75 Å². The van der Waals surface area contributed by atoms with Crippen LogP contribution in [0, 0.1) is 0 Å². The first-order chi connectivity index (χ1) is 12.6. The third-order valence-corrected chi connectivity index (χ3v) is 3.80. The number of rotatable bonds is 5. The number of pyridine rings is 1. The maximum atomic E-state index is 11.6. The Morgan fingerprint density at radius 3 is 2.88 bits per heavy atom. The first-order valence-corrected chi connectivity index (χ1v) is 7.91. The molecule has 0 spiro atoms. The monoisotopic (exact) mass is 351 g/mol. The second-order valence-corrected chi connectivity index (χ2v) is 5.49. The van der Waals surface area contributed by atoms with Crippen molar-refractivity contribution < 1.29 is 14.8 Å². The molecule has 0 unspecified atom stereocenters. The number of benzene rings is 1. The van der Waals surface area contributed by atoms with Crippen LogP contribution in [0.3, 0.4) is 0 Å². The SMILES string of the molecule is C/C=C\C=C(\c1cccc(-n2cc(O)c(=O)cc2CO)c1)c1cnon1. The van der Waals surface area contributed by atoms with Crippen LogP contribution in [-0.2, 0) is 6.61 Å². The predicted molar refractivity (Wildman–Crippen MR) is 95.8 cm³/mol. The molecule has 2 heterocycles. The minimum Gasteiger partial charge on any atom is -0.503 e. The van der Waals surface area contributed by atoms with Gasteiger partial charge in [0.1, 0.15) is 5.69 Å². The van der Waals surface area contributed by atoms with Gasteiger partial charge in [-0.05, 0) is 29.8 Å². The van der Waals surface area contributed by atoms with Crippen molar-refractivity contribution in [2.75, 3.05) is 0 Å². The van der Waals surface area contributed by atoms with Crippen molar-refractivity contribution in [3.8, 4) is 11.4 Å². The van der Waals surface area contributed by atoms with E-state index in [0.717, 1.165) is 11.1 Å². The number of aliphatic hydroxyl groups excluding tert-OH is 1. The summed E-state index contributed by atoms with van der Waals surface area (Å²) in [5, 5.41) is 26.8. The number of aliphatic hydroxyl groups is 1. The van der Waals surface area contributed by atoms with Gasteiger partial charge in [-0.25, -0.2) is 4.63 Å². The Morgan fingerprint density at radius 1 is 1.35 bits per heavy atom. The van der Waals surface area contributed by atoms with Gasteiger partial charge < -0.3 is 14.8 Å². The van der Waals surface area contributed by atoms with Crippen molar-refractivity contribution in [1.29, 1.82) is 0 Å². The molecule has 0 radical (unpaired) electrons. The molecule has 2 N–H and O–H groups in total. The summed E-state index contributed by atoms with van der Waals surface area (Å²) in [7, 11) is 0. The first kappa shape index (κ1) is 17.4. The summed E-state index contributed by atoms with van der Waals surface area (Å²) in [5.74, 6) is -0.391. The Balaban J connectivity index is 2.14. The molecule has 0 saturated heterocycles. The van der Waals surface area contributed by atoms with Gasteiger partial charge in [0.25, 0.3) is 0 Å². The summed E-state index contributed by atoms with van der Waals surface area (Å²) >= 11 is 0. The third kappa shape index (κ3) is 3.47. The van der Waals surface area contributed by atoms with Gasteiger partial charge >= 0.3 is 0 Å². The van der Waals surface area contributed by atoms with Crippen LogP contribution >= 0.6 is 0 Å². The van der Waals surface area contributed by atoms with Crippen LogP contribution in [0.4, 0.5) is 0 Å². The Morgan fingerprint density at radius 2 is 2.19 bits per heavy atom. The molecule has 7 nitrogen and oxygen atoms in total. The van der Waals surface area contributed by atoms with Crippen molar-refractivity contribution in [2.45, 2.75) is 13.5 Å². The number of allylic oxidation sites excluding steroid dienone is 3. The molecule has 0 amide bonds. The van der Waals surface area contributed by atoms with Gasteiger partial charge in [-0.2, -0.15) is 0 Å². The van der Waals surface area contributed by atoms with Crippen molar-refractivity contribution in [1.82, 2.24) is 14.9 Å². The highest BCUT2D eigenvalue weighted by atomic mass is 16.6. The summed E-state index contributed by atoms with van der Waals surface area (Å²) in [4.78, 5) is 11.6. The number of hydrogen-bond donors (Lipinski definition) is 2. The molecule has 7 heteroatoms. The summed E-state index contributed by atoms with van der Waals surface area (Å²) in [6.07, 6.45) is 8.46. The Kier molecular flexibility index (Phi) is 5.09. The zero-order valence-corrected chi connectivity index (χ0v) is 14.0. The summed E-state index contributed by atoms with van der Waals surface area (Å²) in [6, 6.07) is 8.60. The summed E-state index contributed by atoms with van der Waals surface area (Å²) in [6.45, 7) is 1.57. The van der Waals surface area contributed by atoms with E-state index in [1.807, 2.05) is 43.4 Å². The second-order valence-electron chi connectivity index (χ2n) is 5.49. The van der Waals surface area contributed by atoms with Crippen molar-refractivity contribution >= 4 is 5.57 Å². The van der Waals surface area contributed by atoms with E-state index in [2.05, 4.69) is 10.3 Å². The summed E-state index contributed by atoms with van der Waals surface area (Å²) < 4.78 is 6.27. The van der Waals surface area contributed by atoms with Crippen LogP contribution in [-0.4, -0.2) is 25.1 Å². The molecule has 2 aromatic heterocycles. The van der Waals surface area contributed by atoms with Gasteiger partial charge in [0.05, 0.1) is 24.7 Å². The van der Waals surface area contributed by atoms with E-state index in [1.165, 1.54) is 18.5 Å². The lowest BCUT2D eigenvalue weighted by molar-refractivity contribution is 0.273. The highest BCUT2D eigenvalue weighted by molar-refractivity contribution is 5.79. The first-order valence-electron chi connectivity index (χ1n) is 7.91. The molecule has 0 aliphatic carbocycles. The lowest BCUT2D eigenvalue weighted by atomic mass is 10.0. The largest absolute Gasteiger partial charge is 0.503 e. The zero-order valence-electron chi connectivity index (χ0n) is 14.0. The highest BCUT2D eigenvalue weighted by Gasteiger charge is 2.12. The molecule has 0 atom stereocenters. The molecule has 0 aliphatic rings. The van der Waals surface area contributed by atoms with E-state index in [9.17, 15) is 15.0 Å². The molecule has 0 fully saturated rings. The van der Waals surface area contributed by atoms with E-state index >= 15 is 0 Å². The molecule has 0 aliphatic heterocycles. The number of aromatic hydroxyl groups is 1. The van der Waals surface area contributed by atoms with E-state index < -0.39 is 11.2 Å².